The summed E-state index contributed by atoms with van der Waals surface area (Å²) >= 11 is 5.65. The quantitative estimate of drug-likeness (QED) is 0.789. The number of amides is 2. The van der Waals surface area contributed by atoms with Gasteiger partial charge in [0.1, 0.15) is 11.9 Å². The van der Waals surface area contributed by atoms with Crippen LogP contribution >= 0.6 is 11.6 Å². The van der Waals surface area contributed by atoms with Crippen molar-refractivity contribution in [3.8, 4) is 0 Å². The Morgan fingerprint density at radius 2 is 2.17 bits per heavy atom. The molecule has 1 aromatic carbocycles. The van der Waals surface area contributed by atoms with Crippen LogP contribution in [0.25, 0.3) is 0 Å². The van der Waals surface area contributed by atoms with Crippen LogP contribution in [0.3, 0.4) is 0 Å². The van der Waals surface area contributed by atoms with Crippen molar-refractivity contribution < 1.29 is 19.1 Å². The molecule has 7 heteroatoms. The van der Waals surface area contributed by atoms with Gasteiger partial charge < -0.3 is 15.7 Å². The number of carboxylic acid groups (broad SMARTS) is 1. The zero-order valence-electron chi connectivity index (χ0n) is 9.54. The molecule has 1 rings (SSSR count). The number of hydrogen-bond acceptors (Lipinski definition) is 2. The molecule has 0 aliphatic rings. The predicted molar refractivity (Wildman–Crippen MR) is 65.3 cm³/mol. The van der Waals surface area contributed by atoms with Gasteiger partial charge >= 0.3 is 12.0 Å². The van der Waals surface area contributed by atoms with Crippen LogP contribution in [-0.2, 0) is 4.79 Å². The summed E-state index contributed by atoms with van der Waals surface area (Å²) in [7, 11) is 0. The molecule has 1 atom stereocenters. The molecule has 0 bridgehead atoms. The molecule has 0 saturated carbocycles. The number of hydrogen-bond donors (Lipinski definition) is 3. The van der Waals surface area contributed by atoms with E-state index in [1.165, 1.54) is 12.1 Å². The van der Waals surface area contributed by atoms with Crippen LogP contribution in [0.15, 0.2) is 18.2 Å². The highest BCUT2D eigenvalue weighted by Gasteiger charge is 2.18. The molecule has 18 heavy (non-hydrogen) atoms. The third kappa shape index (κ3) is 3.89. The molecule has 0 fully saturated rings. The Kier molecular flexibility index (Phi) is 4.91. The van der Waals surface area contributed by atoms with Gasteiger partial charge in [-0.2, -0.15) is 0 Å². The number of nitrogens with one attached hydrogen (secondary N) is 2. The summed E-state index contributed by atoms with van der Waals surface area (Å²) in [4.78, 5) is 22.2. The fraction of sp³-hybridized carbons (Fsp3) is 0.273. The first kappa shape index (κ1) is 14.2. The van der Waals surface area contributed by atoms with E-state index < -0.39 is 23.9 Å². The van der Waals surface area contributed by atoms with Crippen LogP contribution in [0.2, 0.25) is 5.02 Å². The van der Waals surface area contributed by atoms with Gasteiger partial charge in [-0.3, -0.25) is 0 Å². The van der Waals surface area contributed by atoms with E-state index in [-0.39, 0.29) is 17.1 Å². The van der Waals surface area contributed by atoms with E-state index in [1.54, 1.807) is 6.92 Å². The molecule has 2 amide bonds. The van der Waals surface area contributed by atoms with E-state index >= 15 is 0 Å². The highest BCUT2D eigenvalue weighted by atomic mass is 35.5. The monoisotopic (exact) mass is 274 g/mol. The summed E-state index contributed by atoms with van der Waals surface area (Å²) in [6.45, 7) is 1.61. The number of carbonyl (C=O) groups is 2. The predicted octanol–water partition coefficient (Wildman–Crippen LogP) is 2.46. The first-order valence-corrected chi connectivity index (χ1v) is 5.57. The minimum absolute atomic E-state index is 0.111. The van der Waals surface area contributed by atoms with E-state index in [4.69, 9.17) is 16.7 Å². The van der Waals surface area contributed by atoms with Gasteiger partial charge in [-0.15, -0.1) is 0 Å². The fourth-order valence-corrected chi connectivity index (χ4v) is 1.42. The number of rotatable bonds is 4. The number of urea groups is 1. The summed E-state index contributed by atoms with van der Waals surface area (Å²) in [5, 5.41) is 13.4. The van der Waals surface area contributed by atoms with Crippen LogP contribution in [0.5, 0.6) is 0 Å². The SMILES string of the molecule is CCC(NC(=O)Nc1cc(Cl)ccc1F)C(=O)O. The first-order valence-electron chi connectivity index (χ1n) is 5.19. The van der Waals surface area contributed by atoms with Crippen molar-refractivity contribution in [2.45, 2.75) is 19.4 Å². The van der Waals surface area contributed by atoms with Crippen LogP contribution in [0, 0.1) is 5.82 Å². The van der Waals surface area contributed by atoms with Gasteiger partial charge in [0, 0.05) is 5.02 Å². The normalized spacial score (nSPS) is 11.7. The van der Waals surface area contributed by atoms with Crippen molar-refractivity contribution in [1.29, 1.82) is 0 Å². The Morgan fingerprint density at radius 3 is 2.72 bits per heavy atom. The van der Waals surface area contributed by atoms with Gasteiger partial charge in [0.15, 0.2) is 0 Å². The van der Waals surface area contributed by atoms with Crippen LogP contribution in [0.4, 0.5) is 14.9 Å². The summed E-state index contributed by atoms with van der Waals surface area (Å²) in [6.07, 6.45) is 0.223. The maximum atomic E-state index is 13.3. The topological polar surface area (TPSA) is 78.4 Å². The summed E-state index contributed by atoms with van der Waals surface area (Å²) in [5.74, 6) is -1.81. The Balaban J connectivity index is 2.70. The van der Waals surface area contributed by atoms with Crippen LogP contribution < -0.4 is 10.6 Å². The minimum Gasteiger partial charge on any atom is -0.480 e. The summed E-state index contributed by atoms with van der Waals surface area (Å²) < 4.78 is 13.3. The number of anilines is 1. The number of carbonyl (C=O) groups excluding carboxylic acids is 1. The first-order chi connectivity index (χ1) is 8.43. The lowest BCUT2D eigenvalue weighted by Crippen LogP contribution is -2.42. The summed E-state index contributed by atoms with van der Waals surface area (Å²) in [5.41, 5.74) is -0.111. The standard InChI is InChI=1S/C11H12ClFN2O3/c1-2-8(10(16)17)14-11(18)15-9-5-6(12)3-4-7(9)13/h3-5,8H,2H2,1H3,(H,16,17)(H2,14,15,18). The van der Waals surface area contributed by atoms with Crippen molar-refractivity contribution in [3.63, 3.8) is 0 Å². The Morgan fingerprint density at radius 1 is 1.50 bits per heavy atom. The van der Waals surface area contributed by atoms with Gasteiger partial charge in [0.25, 0.3) is 0 Å². The van der Waals surface area contributed by atoms with E-state index in [9.17, 15) is 14.0 Å². The average molecular weight is 275 g/mol. The molecule has 0 spiro atoms. The van der Waals surface area contributed by atoms with Crippen LogP contribution in [-0.4, -0.2) is 23.1 Å². The molecule has 5 nitrogen and oxygen atoms in total. The second kappa shape index (κ2) is 6.20. The molecule has 0 heterocycles. The Labute approximate surface area is 108 Å². The molecule has 0 aromatic heterocycles. The number of benzene rings is 1. The molecular formula is C11H12ClFN2O3. The molecule has 1 aromatic rings. The van der Waals surface area contributed by atoms with Crippen molar-refractivity contribution in [3.05, 3.63) is 29.0 Å². The van der Waals surface area contributed by atoms with Crippen molar-refractivity contribution in [1.82, 2.24) is 5.32 Å². The average Bonchev–Trinajstić information content (AvgIpc) is 2.30. The largest absolute Gasteiger partial charge is 0.480 e. The molecule has 3 N–H and O–H groups in total. The zero-order valence-corrected chi connectivity index (χ0v) is 10.3. The van der Waals surface area contributed by atoms with Gasteiger partial charge in [0.2, 0.25) is 0 Å². The maximum absolute atomic E-state index is 13.3. The Bertz CT molecular complexity index is 468. The molecule has 0 aliphatic heterocycles. The van der Waals surface area contributed by atoms with Crippen molar-refractivity contribution in [2.24, 2.45) is 0 Å². The third-order valence-electron chi connectivity index (χ3n) is 2.19. The Hall–Kier alpha value is -1.82. The van der Waals surface area contributed by atoms with Gasteiger partial charge in [-0.25, -0.2) is 14.0 Å². The molecule has 1 unspecified atom stereocenters. The highest BCUT2D eigenvalue weighted by Crippen LogP contribution is 2.19. The van der Waals surface area contributed by atoms with E-state index in [0.717, 1.165) is 6.07 Å². The number of carboxylic acids is 1. The highest BCUT2D eigenvalue weighted by molar-refractivity contribution is 6.30. The van der Waals surface area contributed by atoms with E-state index in [2.05, 4.69) is 10.6 Å². The lowest BCUT2D eigenvalue weighted by molar-refractivity contribution is -0.139. The molecular weight excluding hydrogens is 263 g/mol. The maximum Gasteiger partial charge on any atom is 0.326 e. The second-order valence-electron chi connectivity index (χ2n) is 3.52. The number of aliphatic carboxylic acids is 1. The molecule has 98 valence electrons. The smallest absolute Gasteiger partial charge is 0.326 e. The second-order valence-corrected chi connectivity index (χ2v) is 3.96. The fourth-order valence-electron chi connectivity index (χ4n) is 1.25. The van der Waals surface area contributed by atoms with Gasteiger partial charge in [-0.05, 0) is 24.6 Å². The lowest BCUT2D eigenvalue weighted by Gasteiger charge is -2.13. The van der Waals surface area contributed by atoms with Crippen molar-refractivity contribution in [2.75, 3.05) is 5.32 Å². The van der Waals surface area contributed by atoms with Crippen LogP contribution in [0.1, 0.15) is 13.3 Å². The van der Waals surface area contributed by atoms with Crippen molar-refractivity contribution >= 4 is 29.3 Å². The van der Waals surface area contributed by atoms with Gasteiger partial charge in [-0.1, -0.05) is 18.5 Å². The van der Waals surface area contributed by atoms with E-state index in [0.29, 0.717) is 0 Å². The number of halogens is 2. The summed E-state index contributed by atoms with van der Waals surface area (Å²) in [6, 6.07) is 1.86. The molecule has 0 saturated heterocycles. The van der Waals surface area contributed by atoms with Gasteiger partial charge in [0.05, 0.1) is 5.69 Å². The third-order valence-corrected chi connectivity index (χ3v) is 2.42. The molecule has 0 radical (unpaired) electrons. The lowest BCUT2D eigenvalue weighted by atomic mass is 10.2. The molecule has 0 aliphatic carbocycles. The zero-order chi connectivity index (χ0) is 13.7. The minimum atomic E-state index is -1.15. The van der Waals surface area contributed by atoms with E-state index in [1.807, 2.05) is 0 Å².